The highest BCUT2D eigenvalue weighted by Crippen LogP contribution is 2.48. The normalized spacial score (nSPS) is 27.6. The average Bonchev–Trinajstić information content (AvgIpc) is 2.82. The van der Waals surface area contributed by atoms with Crippen LogP contribution in [0.4, 0.5) is 13.2 Å². The van der Waals surface area contributed by atoms with E-state index in [1.54, 1.807) is 6.07 Å². The number of carbonyl (C=O) groups is 1. The molecule has 2 aliphatic rings. The van der Waals surface area contributed by atoms with Crippen LogP contribution in [0.2, 0.25) is 5.02 Å². The number of amides is 1. The smallest absolute Gasteiger partial charge is 0.362 e. The van der Waals surface area contributed by atoms with Crippen molar-refractivity contribution in [1.29, 1.82) is 0 Å². The Labute approximate surface area is 135 Å². The van der Waals surface area contributed by atoms with E-state index in [4.69, 9.17) is 11.6 Å². The molecule has 1 saturated carbocycles. The third kappa shape index (κ3) is 2.42. The Morgan fingerprint density at radius 2 is 2.04 bits per heavy atom. The molecule has 0 spiro atoms. The van der Waals surface area contributed by atoms with Crippen molar-refractivity contribution in [2.45, 2.75) is 37.6 Å². The molecule has 8 heteroatoms. The van der Waals surface area contributed by atoms with Gasteiger partial charge in [-0.05, 0) is 31.4 Å². The summed E-state index contributed by atoms with van der Waals surface area (Å²) in [5, 5.41) is 14.4. The van der Waals surface area contributed by atoms with Gasteiger partial charge in [-0.15, -0.1) is 0 Å². The van der Waals surface area contributed by atoms with Crippen LogP contribution in [0.1, 0.15) is 36.0 Å². The maximum absolute atomic E-state index is 13.6. The summed E-state index contributed by atoms with van der Waals surface area (Å²) in [5.74, 6) is -2.28. The van der Waals surface area contributed by atoms with Crippen molar-refractivity contribution in [2.75, 3.05) is 0 Å². The second-order valence-corrected chi connectivity index (χ2v) is 6.12. The monoisotopic (exact) mass is 346 g/mol. The van der Waals surface area contributed by atoms with Crippen LogP contribution in [0.5, 0.6) is 0 Å². The first-order valence-corrected chi connectivity index (χ1v) is 7.60. The van der Waals surface area contributed by atoms with Crippen LogP contribution in [0.15, 0.2) is 29.4 Å². The van der Waals surface area contributed by atoms with Crippen molar-refractivity contribution in [3.63, 3.8) is 0 Å². The van der Waals surface area contributed by atoms with Crippen LogP contribution < -0.4 is 0 Å². The summed E-state index contributed by atoms with van der Waals surface area (Å²) in [7, 11) is 0. The van der Waals surface area contributed by atoms with Gasteiger partial charge in [-0.2, -0.15) is 23.3 Å². The SMILES string of the molecule is O=C(c1ccccc1Cl)N1N=C2CCCC[C@H]2[C@]1(O)C(F)(F)F. The first kappa shape index (κ1) is 16.3. The van der Waals surface area contributed by atoms with E-state index in [9.17, 15) is 23.1 Å². The molecule has 1 fully saturated rings. The molecule has 1 aromatic rings. The van der Waals surface area contributed by atoms with Crippen LogP contribution in [0.25, 0.3) is 0 Å². The Balaban J connectivity index is 2.07. The number of fused-ring (bicyclic) bond motifs is 1. The van der Waals surface area contributed by atoms with E-state index >= 15 is 0 Å². The van der Waals surface area contributed by atoms with Crippen molar-refractivity contribution in [1.82, 2.24) is 5.01 Å². The number of nitrogens with zero attached hydrogens (tertiary/aromatic N) is 2. The lowest BCUT2D eigenvalue weighted by Crippen LogP contribution is -2.61. The lowest BCUT2D eigenvalue weighted by Gasteiger charge is -2.38. The predicted molar refractivity (Wildman–Crippen MR) is 78.0 cm³/mol. The molecule has 1 aromatic carbocycles. The lowest BCUT2D eigenvalue weighted by atomic mass is 9.80. The van der Waals surface area contributed by atoms with Crippen molar-refractivity contribution in [2.24, 2.45) is 11.0 Å². The average molecular weight is 347 g/mol. The highest BCUT2D eigenvalue weighted by atomic mass is 35.5. The zero-order chi connectivity index (χ0) is 16.8. The second-order valence-electron chi connectivity index (χ2n) is 5.71. The summed E-state index contributed by atoms with van der Waals surface area (Å²) in [4.78, 5) is 12.5. The molecular weight excluding hydrogens is 333 g/mol. The van der Waals surface area contributed by atoms with Gasteiger partial charge in [0.1, 0.15) is 0 Å². The highest BCUT2D eigenvalue weighted by Gasteiger charge is 2.68. The fourth-order valence-electron chi connectivity index (χ4n) is 3.17. The minimum atomic E-state index is -5.02. The molecule has 0 bridgehead atoms. The molecule has 1 N–H and O–H groups in total. The summed E-state index contributed by atoms with van der Waals surface area (Å²) in [6, 6.07) is 5.76. The number of alkyl halides is 3. The van der Waals surface area contributed by atoms with Gasteiger partial charge in [0.2, 0.25) is 0 Å². The number of hydrogen-bond acceptors (Lipinski definition) is 3. The molecule has 0 saturated heterocycles. The molecule has 2 atom stereocenters. The van der Waals surface area contributed by atoms with Crippen LogP contribution >= 0.6 is 11.6 Å². The van der Waals surface area contributed by atoms with Crippen LogP contribution in [-0.4, -0.2) is 33.6 Å². The zero-order valence-electron chi connectivity index (χ0n) is 12.0. The molecule has 0 unspecified atom stereocenters. The molecule has 1 heterocycles. The van der Waals surface area contributed by atoms with Crippen LogP contribution in [0.3, 0.4) is 0 Å². The fraction of sp³-hybridized carbons (Fsp3) is 0.467. The van der Waals surface area contributed by atoms with Gasteiger partial charge in [0.25, 0.3) is 11.6 Å². The van der Waals surface area contributed by atoms with Gasteiger partial charge in [-0.3, -0.25) is 4.79 Å². The van der Waals surface area contributed by atoms with Gasteiger partial charge in [-0.1, -0.05) is 30.2 Å². The lowest BCUT2D eigenvalue weighted by molar-refractivity contribution is -0.312. The molecular formula is C15H14ClF3N2O2. The molecule has 1 aliphatic carbocycles. The van der Waals surface area contributed by atoms with Gasteiger partial charge in [0.05, 0.1) is 16.5 Å². The fourth-order valence-corrected chi connectivity index (χ4v) is 3.38. The number of halogens is 4. The van der Waals surface area contributed by atoms with E-state index in [0.29, 0.717) is 19.3 Å². The Bertz CT molecular complexity index is 677. The number of rotatable bonds is 1. The number of carbonyl (C=O) groups excluding carboxylic acids is 1. The molecule has 4 nitrogen and oxygen atoms in total. The Morgan fingerprint density at radius 3 is 2.70 bits per heavy atom. The second kappa shape index (κ2) is 5.49. The first-order valence-electron chi connectivity index (χ1n) is 7.22. The van der Waals surface area contributed by atoms with E-state index < -0.39 is 23.7 Å². The molecule has 1 aliphatic heterocycles. The Morgan fingerprint density at radius 1 is 1.35 bits per heavy atom. The summed E-state index contributed by atoms with van der Waals surface area (Å²) >= 11 is 5.90. The number of hydrazone groups is 1. The van der Waals surface area contributed by atoms with Crippen molar-refractivity contribution >= 4 is 23.2 Å². The summed E-state index contributed by atoms with van der Waals surface area (Å²) < 4.78 is 40.8. The largest absolute Gasteiger partial charge is 0.439 e. The van der Waals surface area contributed by atoms with Gasteiger partial charge in [-0.25, -0.2) is 0 Å². The summed E-state index contributed by atoms with van der Waals surface area (Å²) in [6.45, 7) is 0. The summed E-state index contributed by atoms with van der Waals surface area (Å²) in [5.41, 5.74) is -3.23. The molecule has 23 heavy (non-hydrogen) atoms. The van der Waals surface area contributed by atoms with E-state index in [1.165, 1.54) is 18.2 Å². The standard InChI is InChI=1S/C15H14ClF3N2O2/c16-11-7-3-1-5-9(11)13(22)21-14(23,15(17,18)19)10-6-2-4-8-12(10)20-21/h1,3,5,7,10,23H,2,4,6,8H2/t10-,14+/m1/s1. The van der Waals surface area contributed by atoms with Gasteiger partial charge in [0, 0.05) is 5.71 Å². The van der Waals surface area contributed by atoms with Crippen molar-refractivity contribution in [3.8, 4) is 0 Å². The maximum atomic E-state index is 13.6. The molecule has 1 amide bonds. The van der Waals surface area contributed by atoms with E-state index in [2.05, 4.69) is 5.10 Å². The molecule has 3 rings (SSSR count). The topological polar surface area (TPSA) is 52.9 Å². The Kier molecular flexibility index (Phi) is 3.88. The maximum Gasteiger partial charge on any atom is 0.439 e. The molecule has 0 aromatic heterocycles. The summed E-state index contributed by atoms with van der Waals surface area (Å²) in [6.07, 6.45) is -3.29. The first-order chi connectivity index (χ1) is 10.8. The van der Waals surface area contributed by atoms with E-state index in [0.717, 1.165) is 0 Å². The van der Waals surface area contributed by atoms with Crippen molar-refractivity contribution < 1.29 is 23.1 Å². The third-order valence-electron chi connectivity index (χ3n) is 4.33. The number of benzene rings is 1. The molecule has 124 valence electrons. The number of hydrogen-bond donors (Lipinski definition) is 1. The number of aliphatic hydroxyl groups is 1. The van der Waals surface area contributed by atoms with E-state index in [-0.39, 0.29) is 27.7 Å². The zero-order valence-corrected chi connectivity index (χ0v) is 12.7. The minimum absolute atomic E-state index is 0.0112. The van der Waals surface area contributed by atoms with Crippen LogP contribution in [-0.2, 0) is 0 Å². The van der Waals surface area contributed by atoms with Crippen molar-refractivity contribution in [3.05, 3.63) is 34.9 Å². The van der Waals surface area contributed by atoms with Gasteiger partial charge in [0.15, 0.2) is 0 Å². The van der Waals surface area contributed by atoms with Gasteiger partial charge < -0.3 is 5.11 Å². The molecule has 0 radical (unpaired) electrons. The predicted octanol–water partition coefficient (Wildman–Crippen LogP) is 3.59. The Hall–Kier alpha value is -1.60. The highest BCUT2D eigenvalue weighted by molar-refractivity contribution is 6.33. The third-order valence-corrected chi connectivity index (χ3v) is 4.66. The quantitative estimate of drug-likeness (QED) is 0.844. The van der Waals surface area contributed by atoms with E-state index in [1.807, 2.05) is 0 Å². The van der Waals surface area contributed by atoms with Gasteiger partial charge >= 0.3 is 6.18 Å². The minimum Gasteiger partial charge on any atom is -0.362 e. The van der Waals surface area contributed by atoms with Crippen LogP contribution in [0, 0.1) is 5.92 Å².